The zero-order valence-electron chi connectivity index (χ0n) is 21.9. The predicted molar refractivity (Wildman–Crippen MR) is 149 cm³/mol. The van der Waals surface area contributed by atoms with Crippen LogP contribution < -0.4 is 19.1 Å². The number of ketones is 1. The lowest BCUT2D eigenvalue weighted by Gasteiger charge is -2.22. The Morgan fingerprint density at radius 3 is 2.54 bits per heavy atom. The first-order valence-electron chi connectivity index (χ1n) is 12.4. The highest BCUT2D eigenvalue weighted by molar-refractivity contribution is 7.22. The number of pyridine rings is 1. The molecule has 1 aliphatic rings. The van der Waals surface area contributed by atoms with Gasteiger partial charge in [-0.1, -0.05) is 17.4 Å². The maximum Gasteiger partial charge on any atom is 0.301 e. The number of carbonyl (C=O) groups is 2. The van der Waals surface area contributed by atoms with Crippen molar-refractivity contribution in [3.05, 3.63) is 77.1 Å². The fourth-order valence-electron chi connectivity index (χ4n) is 4.59. The van der Waals surface area contributed by atoms with Gasteiger partial charge in [0, 0.05) is 12.3 Å². The van der Waals surface area contributed by atoms with Crippen molar-refractivity contribution in [2.45, 2.75) is 26.8 Å². The topological polar surface area (TPSA) is 111 Å². The van der Waals surface area contributed by atoms with Crippen LogP contribution in [0, 0.1) is 6.92 Å². The number of hydrogen-bond donors (Lipinski definition) is 1. The molecule has 4 aromatic rings. The van der Waals surface area contributed by atoms with E-state index >= 15 is 0 Å². The molecule has 200 valence electrons. The zero-order chi connectivity index (χ0) is 27.7. The molecular weight excluding hydrogens is 518 g/mol. The molecule has 1 aliphatic heterocycles. The Bertz CT molecular complexity index is 1600. The number of Topliss-reactive ketones (excluding diaryl/α,β-unsaturated/α-hetero) is 1. The number of carbonyl (C=O) groups excluding carboxylic acids is 2. The molecule has 1 amide bonds. The summed E-state index contributed by atoms with van der Waals surface area (Å²) in [5.41, 5.74) is 2.14. The van der Waals surface area contributed by atoms with Crippen molar-refractivity contribution in [3.8, 4) is 17.2 Å². The summed E-state index contributed by atoms with van der Waals surface area (Å²) in [6, 6.07) is 12.9. The number of aliphatic hydroxyl groups excluding tert-OH is 1. The number of methoxy groups -OCH3 is 1. The minimum absolute atomic E-state index is 0.100. The molecule has 0 saturated carbocycles. The average molecular weight is 546 g/mol. The Kier molecular flexibility index (Phi) is 7.21. The van der Waals surface area contributed by atoms with Gasteiger partial charge >= 0.3 is 5.91 Å². The summed E-state index contributed by atoms with van der Waals surface area (Å²) in [6.45, 7) is 6.36. The summed E-state index contributed by atoms with van der Waals surface area (Å²) in [5.74, 6) is -0.433. The van der Waals surface area contributed by atoms with E-state index < -0.39 is 17.7 Å². The van der Waals surface area contributed by atoms with Crippen LogP contribution >= 0.6 is 11.3 Å². The molecule has 0 radical (unpaired) electrons. The molecule has 9 nitrogen and oxygen atoms in total. The van der Waals surface area contributed by atoms with E-state index in [9.17, 15) is 14.7 Å². The predicted octanol–water partition coefficient (Wildman–Crippen LogP) is 5.43. The minimum atomic E-state index is -1.00. The van der Waals surface area contributed by atoms with Crippen LogP contribution in [0.25, 0.3) is 16.0 Å². The Morgan fingerprint density at radius 1 is 1.05 bits per heavy atom. The summed E-state index contributed by atoms with van der Waals surface area (Å²) in [7, 11) is 1.59. The third kappa shape index (κ3) is 4.67. The van der Waals surface area contributed by atoms with E-state index in [1.54, 1.807) is 49.7 Å². The van der Waals surface area contributed by atoms with Crippen LogP contribution in [0.5, 0.6) is 17.2 Å². The molecule has 1 unspecified atom stereocenters. The van der Waals surface area contributed by atoms with Gasteiger partial charge in [-0.2, -0.15) is 0 Å². The number of anilines is 1. The van der Waals surface area contributed by atoms with Crippen molar-refractivity contribution in [2.24, 2.45) is 0 Å². The summed E-state index contributed by atoms with van der Waals surface area (Å²) in [4.78, 5) is 37.5. The van der Waals surface area contributed by atoms with Crippen LogP contribution in [0.2, 0.25) is 0 Å². The van der Waals surface area contributed by atoms with Gasteiger partial charge in [-0.15, -0.1) is 0 Å². The number of amides is 1. The van der Waals surface area contributed by atoms with Crippen molar-refractivity contribution in [3.63, 3.8) is 0 Å². The van der Waals surface area contributed by atoms with E-state index in [1.807, 2.05) is 32.9 Å². The lowest BCUT2D eigenvalue weighted by molar-refractivity contribution is -0.132. The van der Waals surface area contributed by atoms with E-state index in [2.05, 4.69) is 9.97 Å². The first kappa shape index (κ1) is 26.2. The molecule has 0 bridgehead atoms. The summed E-state index contributed by atoms with van der Waals surface area (Å²) < 4.78 is 17.6. The van der Waals surface area contributed by atoms with Gasteiger partial charge in [0.15, 0.2) is 5.13 Å². The number of benzene rings is 2. The minimum Gasteiger partial charge on any atom is -0.507 e. The van der Waals surface area contributed by atoms with Gasteiger partial charge in [0.25, 0.3) is 5.78 Å². The number of aryl methyl sites for hydroxylation is 1. The Balaban J connectivity index is 1.70. The van der Waals surface area contributed by atoms with Gasteiger partial charge in [0.2, 0.25) is 0 Å². The average Bonchev–Trinajstić information content (AvgIpc) is 3.46. The molecule has 1 fully saturated rings. The van der Waals surface area contributed by atoms with Gasteiger partial charge < -0.3 is 19.3 Å². The maximum absolute atomic E-state index is 13.6. The monoisotopic (exact) mass is 545 g/mol. The number of aliphatic hydroxyl groups is 1. The fourth-order valence-corrected chi connectivity index (χ4v) is 5.60. The molecular formula is C29H27N3O6S. The van der Waals surface area contributed by atoms with Crippen molar-refractivity contribution in [1.82, 2.24) is 9.97 Å². The largest absolute Gasteiger partial charge is 0.507 e. The zero-order valence-corrected chi connectivity index (χ0v) is 22.7. The molecule has 2 aromatic carbocycles. The molecule has 1 N–H and O–H groups in total. The van der Waals surface area contributed by atoms with Crippen LogP contribution in [-0.2, 0) is 9.59 Å². The van der Waals surface area contributed by atoms with E-state index in [1.165, 1.54) is 16.2 Å². The number of ether oxygens (including phenoxy) is 3. The lowest BCUT2D eigenvalue weighted by atomic mass is 9.98. The maximum atomic E-state index is 13.6. The van der Waals surface area contributed by atoms with Gasteiger partial charge in [0.1, 0.15) is 29.0 Å². The quantitative estimate of drug-likeness (QED) is 0.177. The van der Waals surface area contributed by atoms with Crippen LogP contribution in [-0.4, -0.2) is 47.1 Å². The van der Waals surface area contributed by atoms with Crippen molar-refractivity contribution < 1.29 is 28.9 Å². The van der Waals surface area contributed by atoms with Crippen molar-refractivity contribution in [2.75, 3.05) is 25.2 Å². The number of hydrogen-bond acceptors (Lipinski definition) is 9. The highest BCUT2D eigenvalue weighted by Crippen LogP contribution is 2.45. The van der Waals surface area contributed by atoms with Crippen LogP contribution in [0.4, 0.5) is 5.13 Å². The number of rotatable bonds is 8. The summed E-state index contributed by atoms with van der Waals surface area (Å²) >= 11 is 1.25. The Labute approximate surface area is 229 Å². The highest BCUT2D eigenvalue weighted by atomic mass is 32.1. The Hall–Kier alpha value is -4.44. The second-order valence-corrected chi connectivity index (χ2v) is 9.74. The molecule has 2 aromatic heterocycles. The molecule has 1 saturated heterocycles. The molecule has 10 heteroatoms. The number of fused-ring (bicyclic) bond motifs is 1. The number of nitrogens with zero attached hydrogens (tertiary/aromatic N) is 3. The van der Waals surface area contributed by atoms with Gasteiger partial charge in [-0.3, -0.25) is 19.5 Å². The van der Waals surface area contributed by atoms with Crippen LogP contribution in [0.3, 0.4) is 0 Å². The molecule has 0 spiro atoms. The van der Waals surface area contributed by atoms with Gasteiger partial charge in [-0.05, 0) is 62.7 Å². The molecule has 5 rings (SSSR count). The first-order valence-corrected chi connectivity index (χ1v) is 13.3. The van der Waals surface area contributed by atoms with E-state index in [0.717, 1.165) is 10.3 Å². The molecule has 0 aliphatic carbocycles. The number of aromatic nitrogens is 2. The second kappa shape index (κ2) is 10.7. The van der Waals surface area contributed by atoms with Crippen molar-refractivity contribution >= 4 is 44.1 Å². The summed E-state index contributed by atoms with van der Waals surface area (Å²) in [6.07, 6.45) is 1.57. The Morgan fingerprint density at radius 2 is 1.85 bits per heavy atom. The smallest absolute Gasteiger partial charge is 0.301 e. The second-order valence-electron chi connectivity index (χ2n) is 8.73. The number of thiazole rings is 1. The normalized spacial score (nSPS) is 16.6. The molecule has 1 atom stereocenters. The molecule has 3 heterocycles. The lowest BCUT2D eigenvalue weighted by Crippen LogP contribution is -2.29. The van der Waals surface area contributed by atoms with E-state index in [-0.39, 0.29) is 16.9 Å². The third-order valence-electron chi connectivity index (χ3n) is 6.33. The first-order chi connectivity index (χ1) is 18.9. The van der Waals surface area contributed by atoms with Gasteiger partial charge in [0.05, 0.1) is 47.4 Å². The summed E-state index contributed by atoms with van der Waals surface area (Å²) in [5, 5.41) is 11.9. The molecule has 39 heavy (non-hydrogen) atoms. The van der Waals surface area contributed by atoms with E-state index in [0.29, 0.717) is 46.8 Å². The standard InChI is InChI=1S/C29H27N3O6S/c1-5-37-17-10-11-18(22(14-17)38-6-2)26(33)24-25(19-9-7-8-12-30-19)32(28(35)27(24)34)29-31-20-13-16(3)21(36-4)15-23(20)39-29/h7-15,25,33H,5-6H2,1-4H3/b26-24+. The highest BCUT2D eigenvalue weighted by Gasteiger charge is 2.49. The van der Waals surface area contributed by atoms with E-state index in [4.69, 9.17) is 14.2 Å². The van der Waals surface area contributed by atoms with Gasteiger partial charge in [-0.25, -0.2) is 4.98 Å². The SMILES string of the molecule is CCOc1ccc(/C(O)=C2\C(=O)C(=O)N(c3nc4cc(C)c(OC)cc4s3)C2c2ccccn2)c(OCC)c1. The third-order valence-corrected chi connectivity index (χ3v) is 7.35. The fraction of sp³-hybridized carbons (Fsp3) is 0.241. The van der Waals surface area contributed by atoms with Crippen LogP contribution in [0.15, 0.2) is 60.3 Å². The van der Waals surface area contributed by atoms with Crippen molar-refractivity contribution in [1.29, 1.82) is 0 Å². The van der Waals surface area contributed by atoms with Crippen LogP contribution in [0.1, 0.15) is 36.7 Å².